The van der Waals surface area contributed by atoms with Crippen molar-refractivity contribution in [1.82, 2.24) is 9.88 Å². The van der Waals surface area contributed by atoms with Crippen LogP contribution in [0.15, 0.2) is 23.4 Å². The van der Waals surface area contributed by atoms with Gasteiger partial charge >= 0.3 is 6.09 Å². The topological polar surface area (TPSA) is 75.0 Å². The van der Waals surface area contributed by atoms with Gasteiger partial charge in [-0.25, -0.2) is 9.78 Å². The molecule has 2 aliphatic rings. The molecule has 2 unspecified atom stereocenters. The second-order valence-electron chi connectivity index (χ2n) is 5.55. The van der Waals surface area contributed by atoms with Gasteiger partial charge in [-0.1, -0.05) is 18.1 Å². The van der Waals surface area contributed by atoms with E-state index in [1.54, 1.807) is 0 Å². The Kier molecular flexibility index (Phi) is 3.49. The first-order valence-corrected chi connectivity index (χ1v) is 7.26. The van der Waals surface area contributed by atoms with E-state index in [1.165, 1.54) is 4.90 Å². The van der Waals surface area contributed by atoms with Gasteiger partial charge in [0, 0.05) is 12.2 Å². The number of aromatic nitrogens is 1. The summed E-state index contributed by atoms with van der Waals surface area (Å²) in [5.74, 6) is 6.05. The van der Waals surface area contributed by atoms with Gasteiger partial charge in [0.1, 0.15) is 11.4 Å². The number of oxime groups is 1. The summed E-state index contributed by atoms with van der Waals surface area (Å²) in [5, 5.41) is 13.3. The number of nitrogens with zero attached hydrogens (tertiary/aromatic N) is 3. The Bertz CT molecular complexity index is 704. The van der Waals surface area contributed by atoms with Crippen LogP contribution in [0, 0.1) is 24.2 Å². The molecule has 0 aromatic carbocycles. The van der Waals surface area contributed by atoms with E-state index >= 15 is 0 Å². The average molecular weight is 299 g/mol. The van der Waals surface area contributed by atoms with Crippen LogP contribution in [0.3, 0.4) is 0 Å². The number of amides is 1. The Hall–Kier alpha value is -2.55. The molecule has 0 aliphatic carbocycles. The fraction of sp³-hybridized carbons (Fsp3) is 0.438. The van der Waals surface area contributed by atoms with E-state index in [9.17, 15) is 9.90 Å². The van der Waals surface area contributed by atoms with Crippen molar-refractivity contribution in [3.63, 3.8) is 0 Å². The Balaban J connectivity index is 1.89. The molecular weight excluding hydrogens is 282 g/mol. The van der Waals surface area contributed by atoms with Crippen molar-refractivity contribution >= 4 is 11.8 Å². The summed E-state index contributed by atoms with van der Waals surface area (Å²) in [6, 6.07) is 5.65. The van der Waals surface area contributed by atoms with Crippen LogP contribution in [-0.4, -0.2) is 39.6 Å². The van der Waals surface area contributed by atoms with Crippen LogP contribution in [0.25, 0.3) is 0 Å². The number of aryl methyl sites for hydroxylation is 1. The number of hydrogen-bond donors (Lipinski definition) is 1. The van der Waals surface area contributed by atoms with E-state index in [2.05, 4.69) is 22.0 Å². The van der Waals surface area contributed by atoms with Crippen molar-refractivity contribution in [1.29, 1.82) is 0 Å². The lowest BCUT2D eigenvalue weighted by Crippen LogP contribution is -2.42. The third-order valence-electron chi connectivity index (χ3n) is 4.34. The lowest BCUT2D eigenvalue weighted by atomic mass is 9.78. The molecule has 0 saturated carbocycles. The van der Waals surface area contributed by atoms with E-state index in [-0.39, 0.29) is 0 Å². The first-order chi connectivity index (χ1) is 10.6. The molecule has 0 bridgehead atoms. The van der Waals surface area contributed by atoms with Crippen molar-refractivity contribution in [2.75, 3.05) is 6.54 Å². The predicted molar refractivity (Wildman–Crippen MR) is 80.2 cm³/mol. The van der Waals surface area contributed by atoms with Gasteiger partial charge in [0.15, 0.2) is 0 Å². The van der Waals surface area contributed by atoms with Gasteiger partial charge in [-0.15, -0.1) is 0 Å². The molecule has 6 heteroatoms. The highest BCUT2D eigenvalue weighted by atomic mass is 16.7. The highest BCUT2D eigenvalue weighted by Crippen LogP contribution is 2.45. The van der Waals surface area contributed by atoms with Crippen molar-refractivity contribution in [2.24, 2.45) is 10.6 Å². The number of carbonyl (C=O) groups is 1. The molecule has 3 heterocycles. The summed E-state index contributed by atoms with van der Waals surface area (Å²) in [7, 11) is 0. The lowest BCUT2D eigenvalue weighted by Gasteiger charge is -2.26. The maximum Gasteiger partial charge on any atom is 0.410 e. The van der Waals surface area contributed by atoms with E-state index in [0.717, 1.165) is 12.1 Å². The fourth-order valence-electron chi connectivity index (χ4n) is 3.04. The number of likely N-dealkylation sites (tertiary alicyclic amines) is 1. The van der Waals surface area contributed by atoms with Crippen molar-refractivity contribution < 1.29 is 14.7 Å². The molecule has 3 rings (SSSR count). The monoisotopic (exact) mass is 299 g/mol. The molecule has 1 aromatic heterocycles. The molecule has 0 radical (unpaired) electrons. The Morgan fingerprint density at radius 3 is 3.05 bits per heavy atom. The molecule has 0 spiro atoms. The summed E-state index contributed by atoms with van der Waals surface area (Å²) in [5.41, 5.74) is 1.75. The Morgan fingerprint density at radius 1 is 1.55 bits per heavy atom. The summed E-state index contributed by atoms with van der Waals surface area (Å²) in [6.45, 7) is 4.36. The van der Waals surface area contributed by atoms with Crippen LogP contribution in [0.1, 0.15) is 31.2 Å². The summed E-state index contributed by atoms with van der Waals surface area (Å²) >= 11 is 0. The van der Waals surface area contributed by atoms with Crippen LogP contribution in [0.5, 0.6) is 0 Å². The maximum atomic E-state index is 11.3. The number of carboxylic acid groups (broad SMARTS) is 1. The van der Waals surface area contributed by atoms with Gasteiger partial charge in [0.2, 0.25) is 6.23 Å². The fourth-order valence-corrected chi connectivity index (χ4v) is 3.04. The van der Waals surface area contributed by atoms with Gasteiger partial charge in [-0.2, -0.15) is 0 Å². The maximum absolute atomic E-state index is 11.3. The minimum atomic E-state index is -0.981. The van der Waals surface area contributed by atoms with E-state index in [1.807, 2.05) is 32.0 Å². The molecule has 1 fully saturated rings. The lowest BCUT2D eigenvalue weighted by molar-refractivity contribution is -0.0413. The number of rotatable bonds is 1. The highest BCUT2D eigenvalue weighted by molar-refractivity contribution is 6.06. The van der Waals surface area contributed by atoms with Gasteiger partial charge in [-0.3, -0.25) is 4.90 Å². The third kappa shape index (κ3) is 2.19. The largest absolute Gasteiger partial charge is 0.465 e. The Morgan fingerprint density at radius 2 is 2.36 bits per heavy atom. The molecule has 2 aliphatic heterocycles. The Labute approximate surface area is 128 Å². The minimum absolute atomic E-state index is 0.435. The van der Waals surface area contributed by atoms with Crippen LogP contribution < -0.4 is 0 Å². The SMILES string of the molecule is CCC12CCN(C(=O)O)C1ON=C2C#Cc1cccc(C)n1. The molecule has 1 N–H and O–H groups in total. The molecular formula is C16H17N3O3. The van der Waals surface area contributed by atoms with Gasteiger partial charge in [0.25, 0.3) is 0 Å². The van der Waals surface area contributed by atoms with Crippen molar-refractivity contribution in [3.8, 4) is 11.8 Å². The first kappa shape index (κ1) is 14.4. The summed E-state index contributed by atoms with van der Waals surface area (Å²) < 4.78 is 0. The zero-order valence-corrected chi connectivity index (χ0v) is 12.5. The van der Waals surface area contributed by atoms with Gasteiger partial charge in [0.05, 0.1) is 5.41 Å². The molecule has 1 saturated heterocycles. The third-order valence-corrected chi connectivity index (χ3v) is 4.34. The second-order valence-corrected chi connectivity index (χ2v) is 5.55. The quantitative estimate of drug-likeness (QED) is 0.807. The van der Waals surface area contributed by atoms with Crippen molar-refractivity contribution in [2.45, 2.75) is 32.9 Å². The molecule has 2 atom stereocenters. The average Bonchev–Trinajstić information content (AvgIpc) is 3.02. The minimum Gasteiger partial charge on any atom is -0.465 e. The molecule has 6 nitrogen and oxygen atoms in total. The zero-order chi connectivity index (χ0) is 15.7. The van der Waals surface area contributed by atoms with Crippen molar-refractivity contribution in [3.05, 3.63) is 29.6 Å². The number of pyridine rings is 1. The van der Waals surface area contributed by atoms with E-state index < -0.39 is 17.7 Å². The first-order valence-electron chi connectivity index (χ1n) is 7.26. The number of fused-ring (bicyclic) bond motifs is 1. The van der Waals surface area contributed by atoms with E-state index in [0.29, 0.717) is 24.4 Å². The summed E-state index contributed by atoms with van der Waals surface area (Å²) in [6.07, 6.45) is -0.138. The van der Waals surface area contributed by atoms with Gasteiger partial charge in [-0.05, 0) is 43.7 Å². The van der Waals surface area contributed by atoms with Gasteiger partial charge < -0.3 is 9.94 Å². The highest BCUT2D eigenvalue weighted by Gasteiger charge is 2.57. The summed E-state index contributed by atoms with van der Waals surface area (Å²) in [4.78, 5) is 22.3. The van der Waals surface area contributed by atoms with Crippen LogP contribution in [0.2, 0.25) is 0 Å². The molecule has 22 heavy (non-hydrogen) atoms. The second kappa shape index (κ2) is 5.34. The normalized spacial score (nSPS) is 25.8. The predicted octanol–water partition coefficient (Wildman–Crippen LogP) is 2.23. The molecule has 1 aromatic rings. The standard InChI is InChI=1S/C16H17N3O3/c1-3-16-9-10-19(15(20)21)14(16)22-18-13(16)8-7-12-6-4-5-11(2)17-12/h4-6,14H,3,9-10H2,1-2H3,(H,20,21). The zero-order valence-electron chi connectivity index (χ0n) is 12.5. The van der Waals surface area contributed by atoms with E-state index in [4.69, 9.17) is 4.84 Å². The van der Waals surface area contributed by atoms with Crippen LogP contribution in [-0.2, 0) is 4.84 Å². The van der Waals surface area contributed by atoms with Crippen LogP contribution in [0.4, 0.5) is 4.79 Å². The molecule has 114 valence electrons. The van der Waals surface area contributed by atoms with Crippen LogP contribution >= 0.6 is 0 Å². The number of hydrogen-bond acceptors (Lipinski definition) is 4. The molecule has 1 amide bonds. The smallest absolute Gasteiger partial charge is 0.410 e.